The first kappa shape index (κ1) is 10.4. The number of nitrogens with zero attached hydrogens (tertiary/aromatic N) is 1. The van der Waals surface area contributed by atoms with Crippen molar-refractivity contribution in [2.75, 3.05) is 6.54 Å². The molecule has 1 aromatic rings. The molecule has 0 atom stereocenters. The van der Waals surface area contributed by atoms with Gasteiger partial charge in [0.1, 0.15) is 0 Å². The van der Waals surface area contributed by atoms with E-state index in [0.717, 1.165) is 23.7 Å². The maximum atomic E-state index is 10.3. The van der Waals surface area contributed by atoms with E-state index in [0.29, 0.717) is 0 Å². The van der Waals surface area contributed by atoms with Gasteiger partial charge in [-0.05, 0) is 28.9 Å². The lowest BCUT2D eigenvalue weighted by molar-refractivity contribution is -0.131. The van der Waals surface area contributed by atoms with Crippen molar-refractivity contribution in [3.63, 3.8) is 0 Å². The zero-order chi connectivity index (χ0) is 11.4. The molecule has 3 heteroatoms. The van der Waals surface area contributed by atoms with Crippen LogP contribution in [-0.4, -0.2) is 23.8 Å². The predicted octanol–water partition coefficient (Wildman–Crippen LogP) is 2.25. The number of aliphatic carboxylic acids is 1. The Bertz CT molecular complexity index is 481. The Balaban J connectivity index is 2.13. The van der Waals surface area contributed by atoms with Crippen molar-refractivity contribution < 1.29 is 9.90 Å². The second-order valence-electron chi connectivity index (χ2n) is 3.48. The molecule has 3 nitrogen and oxygen atoms in total. The van der Waals surface area contributed by atoms with E-state index in [1.165, 1.54) is 5.57 Å². The van der Waals surface area contributed by atoms with Gasteiger partial charge in [0.15, 0.2) is 0 Å². The topological polar surface area (TPSA) is 49.7 Å². The van der Waals surface area contributed by atoms with Gasteiger partial charge in [-0.25, -0.2) is 4.79 Å². The number of benzene rings is 1. The van der Waals surface area contributed by atoms with Gasteiger partial charge >= 0.3 is 5.97 Å². The van der Waals surface area contributed by atoms with E-state index in [1.807, 2.05) is 30.3 Å². The summed E-state index contributed by atoms with van der Waals surface area (Å²) < 4.78 is 0. The van der Waals surface area contributed by atoms with Crippen LogP contribution >= 0.6 is 0 Å². The highest BCUT2D eigenvalue weighted by molar-refractivity contribution is 5.90. The van der Waals surface area contributed by atoms with Gasteiger partial charge in [0, 0.05) is 12.3 Å². The number of hydrogen-bond donors (Lipinski definition) is 1. The van der Waals surface area contributed by atoms with E-state index >= 15 is 0 Å². The van der Waals surface area contributed by atoms with Crippen LogP contribution < -0.4 is 0 Å². The Kier molecular flexibility index (Phi) is 2.96. The van der Waals surface area contributed by atoms with Crippen LogP contribution in [0.1, 0.15) is 11.1 Å². The number of hydrogen-bond acceptors (Lipinski definition) is 2. The molecule has 0 bridgehead atoms. The molecule has 0 saturated carbocycles. The van der Waals surface area contributed by atoms with Gasteiger partial charge in [-0.3, -0.25) is 4.99 Å². The summed E-state index contributed by atoms with van der Waals surface area (Å²) in [6.07, 6.45) is 6.49. The van der Waals surface area contributed by atoms with Gasteiger partial charge in [0.05, 0.1) is 6.54 Å². The van der Waals surface area contributed by atoms with Crippen molar-refractivity contribution in [2.45, 2.75) is 0 Å². The quantitative estimate of drug-likeness (QED) is 0.783. The number of carboxylic acid groups (broad SMARTS) is 1. The van der Waals surface area contributed by atoms with E-state index in [9.17, 15) is 4.79 Å². The van der Waals surface area contributed by atoms with Crippen LogP contribution in [0, 0.1) is 0 Å². The van der Waals surface area contributed by atoms with Crippen LogP contribution in [0.3, 0.4) is 0 Å². The summed E-state index contributed by atoms with van der Waals surface area (Å²) in [7, 11) is 0. The highest BCUT2D eigenvalue weighted by Crippen LogP contribution is 2.18. The maximum absolute atomic E-state index is 10.3. The Hall–Kier alpha value is -2.16. The summed E-state index contributed by atoms with van der Waals surface area (Å²) in [4.78, 5) is 14.5. The zero-order valence-corrected chi connectivity index (χ0v) is 8.63. The molecule has 0 radical (unpaired) electrons. The maximum Gasteiger partial charge on any atom is 0.328 e. The minimum absolute atomic E-state index is 0.726. The molecule has 0 fully saturated rings. The van der Waals surface area contributed by atoms with Gasteiger partial charge in [-0.1, -0.05) is 24.3 Å². The molecule has 1 aliphatic rings. The Morgan fingerprint density at radius 1 is 1.31 bits per heavy atom. The molecule has 0 unspecified atom stereocenters. The lowest BCUT2D eigenvalue weighted by atomic mass is 10.0. The first-order chi connectivity index (χ1) is 7.75. The van der Waals surface area contributed by atoms with Crippen LogP contribution in [0.15, 0.2) is 41.4 Å². The summed E-state index contributed by atoms with van der Waals surface area (Å²) in [6, 6.07) is 7.74. The van der Waals surface area contributed by atoms with Gasteiger partial charge in [-0.2, -0.15) is 0 Å². The SMILES string of the molecule is O=C(O)C=Cc1ccc(C2=CC=NC2)cc1. The Morgan fingerprint density at radius 3 is 2.62 bits per heavy atom. The molecule has 0 aromatic heterocycles. The van der Waals surface area contributed by atoms with Gasteiger partial charge < -0.3 is 5.11 Å². The smallest absolute Gasteiger partial charge is 0.328 e. The fourth-order valence-corrected chi connectivity index (χ4v) is 1.51. The number of aliphatic imine (C=N–C) groups is 1. The molecule has 1 heterocycles. The standard InChI is InChI=1S/C13H11NO2/c15-13(16)6-3-10-1-4-11(5-2-10)12-7-8-14-9-12/h1-8H,9H2,(H,15,16). The van der Waals surface area contributed by atoms with Crippen LogP contribution in [-0.2, 0) is 4.79 Å². The average Bonchev–Trinajstić information content (AvgIpc) is 2.80. The summed E-state index contributed by atoms with van der Waals surface area (Å²) in [6.45, 7) is 0.726. The van der Waals surface area contributed by atoms with Crippen molar-refractivity contribution in [3.05, 3.63) is 47.5 Å². The molecule has 1 N–H and O–H groups in total. The van der Waals surface area contributed by atoms with Crippen LogP contribution in [0.4, 0.5) is 0 Å². The predicted molar refractivity (Wildman–Crippen MR) is 64.4 cm³/mol. The van der Waals surface area contributed by atoms with Crippen LogP contribution in [0.5, 0.6) is 0 Å². The first-order valence-corrected chi connectivity index (χ1v) is 4.96. The van der Waals surface area contributed by atoms with Crippen molar-refractivity contribution in [1.82, 2.24) is 0 Å². The van der Waals surface area contributed by atoms with E-state index < -0.39 is 5.97 Å². The molecule has 0 aliphatic carbocycles. The molecule has 0 spiro atoms. The zero-order valence-electron chi connectivity index (χ0n) is 8.63. The molecular formula is C13H11NO2. The minimum atomic E-state index is -0.934. The van der Waals surface area contributed by atoms with Gasteiger partial charge in [-0.15, -0.1) is 0 Å². The fraction of sp³-hybridized carbons (Fsp3) is 0.0769. The Labute approximate surface area is 93.5 Å². The van der Waals surface area contributed by atoms with E-state index in [4.69, 9.17) is 5.11 Å². The second kappa shape index (κ2) is 4.57. The molecule has 2 rings (SSSR count). The summed E-state index contributed by atoms with van der Waals surface area (Å²) in [5.41, 5.74) is 3.20. The molecule has 16 heavy (non-hydrogen) atoms. The van der Waals surface area contributed by atoms with Crippen molar-refractivity contribution in [1.29, 1.82) is 0 Å². The Morgan fingerprint density at radius 2 is 2.06 bits per heavy atom. The molecule has 80 valence electrons. The third kappa shape index (κ3) is 2.45. The van der Waals surface area contributed by atoms with Crippen molar-refractivity contribution in [3.8, 4) is 0 Å². The van der Waals surface area contributed by atoms with E-state index in [-0.39, 0.29) is 0 Å². The summed E-state index contributed by atoms with van der Waals surface area (Å²) >= 11 is 0. The summed E-state index contributed by atoms with van der Waals surface area (Å²) in [5.74, 6) is -0.934. The normalized spacial score (nSPS) is 14.4. The first-order valence-electron chi connectivity index (χ1n) is 4.96. The number of allylic oxidation sites excluding steroid dienone is 1. The molecule has 0 saturated heterocycles. The van der Waals surface area contributed by atoms with Crippen LogP contribution in [0.2, 0.25) is 0 Å². The monoisotopic (exact) mass is 213 g/mol. The number of carboxylic acids is 1. The largest absolute Gasteiger partial charge is 0.478 e. The summed E-state index contributed by atoms with van der Waals surface area (Å²) in [5, 5.41) is 8.49. The number of carbonyl (C=O) groups is 1. The third-order valence-corrected chi connectivity index (χ3v) is 2.34. The molecule has 1 aliphatic heterocycles. The highest BCUT2D eigenvalue weighted by atomic mass is 16.4. The van der Waals surface area contributed by atoms with E-state index in [1.54, 1.807) is 12.3 Å². The molecule has 1 aromatic carbocycles. The molecular weight excluding hydrogens is 202 g/mol. The lowest BCUT2D eigenvalue weighted by Crippen LogP contribution is -1.87. The fourth-order valence-electron chi connectivity index (χ4n) is 1.51. The molecule has 0 amide bonds. The lowest BCUT2D eigenvalue weighted by Gasteiger charge is -2.01. The average molecular weight is 213 g/mol. The second-order valence-corrected chi connectivity index (χ2v) is 3.48. The van der Waals surface area contributed by atoms with Gasteiger partial charge in [0.25, 0.3) is 0 Å². The minimum Gasteiger partial charge on any atom is -0.478 e. The number of rotatable bonds is 3. The highest BCUT2D eigenvalue weighted by Gasteiger charge is 2.02. The van der Waals surface area contributed by atoms with Gasteiger partial charge in [0.2, 0.25) is 0 Å². The van der Waals surface area contributed by atoms with Crippen LogP contribution in [0.25, 0.3) is 11.6 Å². The van der Waals surface area contributed by atoms with E-state index in [2.05, 4.69) is 4.99 Å². The third-order valence-electron chi connectivity index (χ3n) is 2.34. The van der Waals surface area contributed by atoms with Crippen molar-refractivity contribution >= 4 is 23.8 Å². The van der Waals surface area contributed by atoms with Crippen molar-refractivity contribution in [2.24, 2.45) is 4.99 Å².